The molecule has 2 unspecified atom stereocenters. The zero-order valence-corrected chi connectivity index (χ0v) is 10.5. The molecule has 0 spiro atoms. The van der Waals surface area contributed by atoms with E-state index >= 15 is 0 Å². The first-order chi connectivity index (χ1) is 7.02. The number of amides is 2. The number of carbonyl (C=O) groups excluding carboxylic acids is 2. The minimum absolute atomic E-state index is 0.331. The highest BCUT2D eigenvalue weighted by Gasteiger charge is 2.20. The average Bonchev–Trinajstić information content (AvgIpc) is 2.17. The lowest BCUT2D eigenvalue weighted by Gasteiger charge is -2.17. The number of hydrogen-bond acceptors (Lipinski definition) is 5. The van der Waals surface area contributed by atoms with Gasteiger partial charge in [-0.2, -0.15) is 23.5 Å². The third-order valence-corrected chi connectivity index (χ3v) is 3.04. The molecule has 0 radical (unpaired) electrons. The van der Waals surface area contributed by atoms with Crippen LogP contribution >= 0.6 is 23.5 Å². The van der Waals surface area contributed by atoms with Gasteiger partial charge < -0.3 is 16.8 Å². The molecule has 0 aromatic rings. The van der Waals surface area contributed by atoms with Crippen molar-refractivity contribution in [2.45, 2.75) is 12.1 Å². The maximum Gasteiger partial charge on any atom is 0.240 e. The first-order valence-corrected chi connectivity index (χ1v) is 7.14. The van der Waals surface area contributed by atoms with Crippen LogP contribution in [0.25, 0.3) is 0 Å². The van der Waals surface area contributed by atoms with E-state index in [1.165, 1.54) is 23.5 Å². The molecule has 5 nitrogen and oxygen atoms in total. The number of nitrogens with two attached hydrogens (primary N) is 2. The molecular formula is C8H17N3O2S2. The first kappa shape index (κ1) is 14.6. The van der Waals surface area contributed by atoms with Crippen LogP contribution in [0.15, 0.2) is 0 Å². The van der Waals surface area contributed by atoms with Crippen molar-refractivity contribution in [3.05, 3.63) is 0 Å². The second-order valence-electron chi connectivity index (χ2n) is 2.98. The number of nitrogens with one attached hydrogen (secondary N) is 1. The minimum Gasteiger partial charge on any atom is -0.368 e. The summed E-state index contributed by atoms with van der Waals surface area (Å²) in [7, 11) is 0. The molecule has 0 aromatic heterocycles. The third kappa shape index (κ3) is 5.91. The topological polar surface area (TPSA) is 98.2 Å². The molecule has 0 saturated heterocycles. The van der Waals surface area contributed by atoms with Gasteiger partial charge in [0.2, 0.25) is 11.8 Å². The zero-order valence-electron chi connectivity index (χ0n) is 8.86. The lowest BCUT2D eigenvalue weighted by molar-refractivity contribution is -0.127. The molecule has 88 valence electrons. The van der Waals surface area contributed by atoms with E-state index in [1.807, 2.05) is 12.5 Å². The SMILES string of the molecule is CSCC(N)C(=O)NC(CSC)C(N)=O. The number of thioether (sulfide) groups is 2. The van der Waals surface area contributed by atoms with Gasteiger partial charge in [-0.1, -0.05) is 0 Å². The summed E-state index contributed by atoms with van der Waals surface area (Å²) in [6.07, 6.45) is 3.70. The number of hydrogen-bond donors (Lipinski definition) is 3. The fraction of sp³-hybridized carbons (Fsp3) is 0.750. The average molecular weight is 251 g/mol. The van der Waals surface area contributed by atoms with Gasteiger partial charge in [-0.05, 0) is 12.5 Å². The van der Waals surface area contributed by atoms with Crippen molar-refractivity contribution in [1.29, 1.82) is 0 Å². The Balaban J connectivity index is 4.15. The largest absolute Gasteiger partial charge is 0.368 e. The van der Waals surface area contributed by atoms with Crippen LogP contribution in [0.2, 0.25) is 0 Å². The van der Waals surface area contributed by atoms with Crippen LogP contribution < -0.4 is 16.8 Å². The number of rotatable bonds is 7. The normalized spacial score (nSPS) is 14.3. The van der Waals surface area contributed by atoms with Crippen LogP contribution in [0, 0.1) is 0 Å². The second-order valence-corrected chi connectivity index (χ2v) is 4.80. The van der Waals surface area contributed by atoms with E-state index in [0.717, 1.165) is 0 Å². The number of primary amides is 1. The maximum atomic E-state index is 11.5. The van der Waals surface area contributed by atoms with Crippen LogP contribution in [0.3, 0.4) is 0 Å². The van der Waals surface area contributed by atoms with Gasteiger partial charge in [0, 0.05) is 11.5 Å². The predicted octanol–water partition coefficient (Wildman–Crippen LogP) is -0.990. The van der Waals surface area contributed by atoms with Crippen molar-refractivity contribution in [2.24, 2.45) is 11.5 Å². The van der Waals surface area contributed by atoms with Gasteiger partial charge in [-0.3, -0.25) is 9.59 Å². The van der Waals surface area contributed by atoms with Gasteiger partial charge in [0.15, 0.2) is 0 Å². The summed E-state index contributed by atoms with van der Waals surface area (Å²) in [5.41, 5.74) is 10.7. The molecule has 0 aliphatic carbocycles. The van der Waals surface area contributed by atoms with Crippen molar-refractivity contribution in [3.63, 3.8) is 0 Å². The molecule has 7 heteroatoms. The molecule has 0 fully saturated rings. The molecule has 0 heterocycles. The summed E-state index contributed by atoms with van der Waals surface area (Å²) in [5, 5.41) is 2.53. The Labute approximate surface area is 98.1 Å². The lowest BCUT2D eigenvalue weighted by atomic mass is 10.2. The van der Waals surface area contributed by atoms with E-state index in [4.69, 9.17) is 11.5 Å². The Morgan fingerprint density at radius 2 is 1.80 bits per heavy atom. The number of carbonyl (C=O) groups is 2. The minimum atomic E-state index is -0.639. The van der Waals surface area contributed by atoms with Crippen molar-refractivity contribution in [1.82, 2.24) is 5.32 Å². The highest BCUT2D eigenvalue weighted by atomic mass is 32.2. The Hall–Kier alpha value is -0.400. The monoisotopic (exact) mass is 251 g/mol. The van der Waals surface area contributed by atoms with Crippen LogP contribution in [-0.4, -0.2) is 47.9 Å². The van der Waals surface area contributed by atoms with Gasteiger partial charge in [0.05, 0.1) is 6.04 Å². The quantitative estimate of drug-likeness (QED) is 0.540. The summed E-state index contributed by atoms with van der Waals surface area (Å²) >= 11 is 2.92. The fourth-order valence-electron chi connectivity index (χ4n) is 0.896. The molecule has 0 saturated carbocycles. The van der Waals surface area contributed by atoms with Crippen molar-refractivity contribution < 1.29 is 9.59 Å². The predicted molar refractivity (Wildman–Crippen MR) is 65.9 cm³/mol. The van der Waals surface area contributed by atoms with Crippen LogP contribution in [-0.2, 0) is 9.59 Å². The molecule has 0 aliphatic heterocycles. The van der Waals surface area contributed by atoms with Crippen molar-refractivity contribution in [3.8, 4) is 0 Å². The highest BCUT2D eigenvalue weighted by molar-refractivity contribution is 7.98. The smallest absolute Gasteiger partial charge is 0.240 e. The van der Waals surface area contributed by atoms with Crippen LogP contribution in [0.4, 0.5) is 0 Å². The third-order valence-electron chi connectivity index (χ3n) is 1.68. The Morgan fingerprint density at radius 1 is 1.27 bits per heavy atom. The maximum absolute atomic E-state index is 11.5. The Kier molecular flexibility index (Phi) is 7.63. The van der Waals surface area contributed by atoms with E-state index in [0.29, 0.717) is 11.5 Å². The molecular weight excluding hydrogens is 234 g/mol. The Bertz CT molecular complexity index is 226. The van der Waals surface area contributed by atoms with Gasteiger partial charge in [0.25, 0.3) is 0 Å². The molecule has 15 heavy (non-hydrogen) atoms. The van der Waals surface area contributed by atoms with Gasteiger partial charge >= 0.3 is 0 Å². The summed E-state index contributed by atoms with van der Waals surface area (Å²) in [6, 6.07) is -1.23. The molecule has 2 atom stereocenters. The summed E-state index contributed by atoms with van der Waals surface area (Å²) in [5.74, 6) is 0.125. The summed E-state index contributed by atoms with van der Waals surface area (Å²) < 4.78 is 0. The second kappa shape index (κ2) is 7.84. The van der Waals surface area contributed by atoms with Crippen molar-refractivity contribution in [2.75, 3.05) is 24.0 Å². The van der Waals surface area contributed by atoms with E-state index < -0.39 is 18.0 Å². The Morgan fingerprint density at radius 3 is 2.20 bits per heavy atom. The zero-order chi connectivity index (χ0) is 11.8. The molecule has 0 bridgehead atoms. The van der Waals surface area contributed by atoms with Gasteiger partial charge in [0.1, 0.15) is 6.04 Å². The molecule has 2 amide bonds. The fourth-order valence-corrected chi connectivity index (χ4v) is 1.99. The first-order valence-electron chi connectivity index (χ1n) is 4.36. The molecule has 0 aliphatic rings. The van der Waals surface area contributed by atoms with Crippen LogP contribution in [0.5, 0.6) is 0 Å². The molecule has 0 aromatic carbocycles. The van der Waals surface area contributed by atoms with Gasteiger partial charge in [-0.25, -0.2) is 0 Å². The molecule has 5 N–H and O–H groups in total. The summed E-state index contributed by atoms with van der Waals surface area (Å²) in [6.45, 7) is 0. The summed E-state index contributed by atoms with van der Waals surface area (Å²) in [4.78, 5) is 22.4. The van der Waals surface area contributed by atoms with Gasteiger partial charge in [-0.15, -0.1) is 0 Å². The van der Waals surface area contributed by atoms with Crippen molar-refractivity contribution >= 4 is 35.3 Å². The van der Waals surface area contributed by atoms with E-state index in [-0.39, 0.29) is 5.91 Å². The molecule has 0 rings (SSSR count). The van der Waals surface area contributed by atoms with E-state index in [9.17, 15) is 9.59 Å². The van der Waals surface area contributed by atoms with Crippen LogP contribution in [0.1, 0.15) is 0 Å². The lowest BCUT2D eigenvalue weighted by Crippen LogP contribution is -2.52. The highest BCUT2D eigenvalue weighted by Crippen LogP contribution is 1.99. The van der Waals surface area contributed by atoms with E-state index in [2.05, 4.69) is 5.32 Å². The van der Waals surface area contributed by atoms with E-state index in [1.54, 1.807) is 0 Å². The standard InChI is InChI=1S/C8H17N3O2S2/c1-14-3-5(9)8(13)11-6(4-15-2)7(10)12/h5-6H,3-4,9H2,1-2H3,(H2,10,12)(H,11,13).